The first-order valence-corrected chi connectivity index (χ1v) is 11.8. The van der Waals surface area contributed by atoms with Gasteiger partial charge in [0.1, 0.15) is 0 Å². The van der Waals surface area contributed by atoms with Crippen molar-refractivity contribution in [3.05, 3.63) is 131 Å². The van der Waals surface area contributed by atoms with E-state index in [1.807, 2.05) is 30.3 Å². The van der Waals surface area contributed by atoms with Crippen LogP contribution in [0.15, 0.2) is 109 Å². The molecule has 1 aromatic heterocycles. The van der Waals surface area contributed by atoms with Crippen LogP contribution in [0.25, 0.3) is 22.2 Å². The lowest BCUT2D eigenvalue weighted by molar-refractivity contribution is 0.0753. The summed E-state index contributed by atoms with van der Waals surface area (Å²) in [5.74, 6) is 0.114. The molecule has 1 atom stereocenters. The molecule has 6 rings (SSSR count). The van der Waals surface area contributed by atoms with E-state index in [-0.39, 0.29) is 11.9 Å². The number of carbonyl (C=O) groups is 1. The van der Waals surface area contributed by atoms with E-state index in [0.29, 0.717) is 6.54 Å². The third-order valence-electron chi connectivity index (χ3n) is 7.01. The van der Waals surface area contributed by atoms with Gasteiger partial charge in [-0.3, -0.25) is 4.79 Å². The number of aromatic nitrogens is 1. The van der Waals surface area contributed by atoms with Crippen molar-refractivity contribution in [3.8, 4) is 11.3 Å². The van der Waals surface area contributed by atoms with Crippen LogP contribution in [0.2, 0.25) is 0 Å². The van der Waals surface area contributed by atoms with Gasteiger partial charge in [-0.25, -0.2) is 0 Å². The summed E-state index contributed by atoms with van der Waals surface area (Å²) in [5, 5.41) is 1.20. The van der Waals surface area contributed by atoms with E-state index in [9.17, 15) is 4.79 Å². The molecule has 0 saturated heterocycles. The number of fused-ring (bicyclic) bond motifs is 2. The highest BCUT2D eigenvalue weighted by Gasteiger charge is 2.40. The molecule has 166 valence electrons. The molecule has 0 saturated carbocycles. The maximum atomic E-state index is 13.7. The van der Waals surface area contributed by atoms with Crippen molar-refractivity contribution in [1.82, 2.24) is 9.47 Å². The zero-order chi connectivity index (χ0) is 23.1. The fraction of sp³-hybridized carbons (Fsp3) is 0.129. The number of aryl methyl sites for hydroxylation is 1. The average molecular weight is 443 g/mol. The minimum Gasteiger partial charge on any atom is -0.343 e. The number of nitrogens with zero attached hydrogens (tertiary/aromatic N) is 2. The van der Waals surface area contributed by atoms with Crippen LogP contribution in [0.4, 0.5) is 0 Å². The second-order valence-electron chi connectivity index (χ2n) is 8.93. The highest BCUT2D eigenvalue weighted by Crippen LogP contribution is 2.46. The van der Waals surface area contributed by atoms with E-state index < -0.39 is 0 Å². The normalized spacial score (nSPS) is 15.1. The zero-order valence-corrected chi connectivity index (χ0v) is 19.2. The number of amides is 1. The van der Waals surface area contributed by atoms with Crippen molar-refractivity contribution in [2.45, 2.75) is 12.5 Å². The van der Waals surface area contributed by atoms with Gasteiger partial charge in [-0.1, -0.05) is 97.1 Å². The lowest BCUT2D eigenvalue weighted by Gasteiger charge is -2.27. The van der Waals surface area contributed by atoms with Crippen LogP contribution in [0.1, 0.15) is 33.1 Å². The van der Waals surface area contributed by atoms with E-state index in [0.717, 1.165) is 23.1 Å². The number of carbonyl (C=O) groups excluding carboxylic acids is 1. The van der Waals surface area contributed by atoms with Gasteiger partial charge in [-0.15, -0.1) is 0 Å². The Kier molecular flexibility index (Phi) is 5.03. The third-order valence-corrected chi connectivity index (χ3v) is 7.01. The Morgan fingerprint density at radius 1 is 0.735 bits per heavy atom. The van der Waals surface area contributed by atoms with Gasteiger partial charge in [-0.2, -0.15) is 0 Å². The predicted molar refractivity (Wildman–Crippen MR) is 138 cm³/mol. The summed E-state index contributed by atoms with van der Waals surface area (Å²) in [4.78, 5) is 15.8. The molecule has 0 fully saturated rings. The van der Waals surface area contributed by atoms with Gasteiger partial charge in [0.05, 0.1) is 11.7 Å². The van der Waals surface area contributed by atoms with Crippen molar-refractivity contribution in [1.29, 1.82) is 0 Å². The first kappa shape index (κ1) is 20.5. The van der Waals surface area contributed by atoms with Crippen LogP contribution >= 0.6 is 0 Å². The van der Waals surface area contributed by atoms with Gasteiger partial charge >= 0.3 is 0 Å². The molecule has 1 aliphatic rings. The van der Waals surface area contributed by atoms with Gasteiger partial charge in [0.2, 0.25) is 0 Å². The van der Waals surface area contributed by atoms with Crippen LogP contribution < -0.4 is 0 Å². The van der Waals surface area contributed by atoms with E-state index in [4.69, 9.17) is 0 Å². The average Bonchev–Trinajstić information content (AvgIpc) is 3.34. The molecule has 0 radical (unpaired) electrons. The Balaban J connectivity index is 1.57. The quantitative estimate of drug-likeness (QED) is 0.300. The maximum Gasteiger partial charge on any atom is 0.255 e. The molecule has 5 aromatic rings. The Bertz CT molecular complexity index is 1480. The summed E-state index contributed by atoms with van der Waals surface area (Å²) in [6, 6.07) is 37.5. The van der Waals surface area contributed by atoms with Gasteiger partial charge in [0.25, 0.3) is 5.91 Å². The molecule has 2 heterocycles. The van der Waals surface area contributed by atoms with Gasteiger partial charge in [-0.05, 0) is 35.2 Å². The van der Waals surface area contributed by atoms with E-state index in [2.05, 4.69) is 95.4 Å². The molecule has 0 spiro atoms. The Morgan fingerprint density at radius 2 is 1.38 bits per heavy atom. The van der Waals surface area contributed by atoms with Gasteiger partial charge in [0.15, 0.2) is 0 Å². The number of rotatable bonds is 5. The molecule has 0 N–H and O–H groups in total. The zero-order valence-electron chi connectivity index (χ0n) is 19.2. The lowest BCUT2D eigenvalue weighted by Crippen LogP contribution is -2.31. The van der Waals surface area contributed by atoms with E-state index >= 15 is 0 Å². The Morgan fingerprint density at radius 3 is 2.18 bits per heavy atom. The van der Waals surface area contributed by atoms with Crippen LogP contribution in [-0.4, -0.2) is 21.9 Å². The highest BCUT2D eigenvalue weighted by atomic mass is 16.2. The minimum atomic E-state index is -0.131. The summed E-state index contributed by atoms with van der Waals surface area (Å²) in [7, 11) is 2.13. The minimum absolute atomic E-state index is 0.114. The molecule has 3 nitrogen and oxygen atoms in total. The predicted octanol–water partition coefficient (Wildman–Crippen LogP) is 6.63. The SMILES string of the molecule is Cn1c(-c2ccccc2)c([C@@H]2c3ccccc3C(=O)N2CCc2ccccc2)c2ccccc21. The van der Waals surface area contributed by atoms with Crippen LogP contribution in [0.3, 0.4) is 0 Å². The molecule has 3 heteroatoms. The largest absolute Gasteiger partial charge is 0.343 e. The van der Waals surface area contributed by atoms with Gasteiger partial charge < -0.3 is 9.47 Å². The van der Waals surface area contributed by atoms with Crippen molar-refractivity contribution < 1.29 is 4.79 Å². The summed E-state index contributed by atoms with van der Waals surface area (Å²) >= 11 is 0. The van der Waals surface area contributed by atoms with Crippen molar-refractivity contribution >= 4 is 16.8 Å². The Hall–Kier alpha value is -4.11. The maximum absolute atomic E-state index is 13.7. The van der Waals surface area contributed by atoms with Crippen molar-refractivity contribution in [2.75, 3.05) is 6.54 Å². The van der Waals surface area contributed by atoms with Crippen LogP contribution in [0, 0.1) is 0 Å². The number of hydrogen-bond acceptors (Lipinski definition) is 1. The third kappa shape index (κ3) is 3.24. The second kappa shape index (κ2) is 8.35. The number of hydrogen-bond donors (Lipinski definition) is 0. The fourth-order valence-corrected chi connectivity index (χ4v) is 5.45. The molecule has 0 unspecified atom stereocenters. The molecular weight excluding hydrogens is 416 g/mol. The fourth-order valence-electron chi connectivity index (χ4n) is 5.45. The van der Waals surface area contributed by atoms with E-state index in [1.54, 1.807) is 0 Å². The second-order valence-corrected chi connectivity index (χ2v) is 8.93. The monoisotopic (exact) mass is 442 g/mol. The van der Waals surface area contributed by atoms with Crippen LogP contribution in [-0.2, 0) is 13.5 Å². The molecular formula is C31H26N2O. The topological polar surface area (TPSA) is 25.2 Å². The molecule has 0 aliphatic carbocycles. The molecule has 0 bridgehead atoms. The number of benzene rings is 4. The molecule has 34 heavy (non-hydrogen) atoms. The van der Waals surface area contributed by atoms with Crippen LogP contribution in [0.5, 0.6) is 0 Å². The summed E-state index contributed by atoms with van der Waals surface area (Å²) < 4.78 is 2.28. The van der Waals surface area contributed by atoms with Crippen molar-refractivity contribution in [2.24, 2.45) is 7.05 Å². The highest BCUT2D eigenvalue weighted by molar-refractivity contribution is 6.02. The molecule has 1 amide bonds. The standard InChI is InChI=1S/C31H26N2O/c1-32-27-19-11-10-18-26(27)28(29(32)23-14-6-3-7-15-23)30-24-16-8-9-17-25(24)31(34)33(30)21-20-22-12-4-2-5-13-22/h2-19,30H,20-21H2,1H3/t30-/m0/s1. The first-order chi connectivity index (χ1) is 16.7. The number of para-hydroxylation sites is 1. The van der Waals surface area contributed by atoms with Crippen molar-refractivity contribution in [3.63, 3.8) is 0 Å². The smallest absolute Gasteiger partial charge is 0.255 e. The lowest BCUT2D eigenvalue weighted by atomic mass is 9.93. The summed E-state index contributed by atoms with van der Waals surface area (Å²) in [6.45, 7) is 0.666. The van der Waals surface area contributed by atoms with Gasteiger partial charge in [0, 0.05) is 35.6 Å². The molecule has 4 aromatic carbocycles. The Labute approximate surface area is 199 Å². The first-order valence-electron chi connectivity index (χ1n) is 11.8. The van der Waals surface area contributed by atoms with E-state index in [1.165, 1.54) is 27.7 Å². The summed E-state index contributed by atoms with van der Waals surface area (Å²) in [6.07, 6.45) is 0.822. The molecule has 1 aliphatic heterocycles. The summed E-state index contributed by atoms with van der Waals surface area (Å²) in [5.41, 5.74) is 7.86.